The molecule has 28 heavy (non-hydrogen) atoms. The smallest absolute Gasteiger partial charge is 0.249 e. The maximum Gasteiger partial charge on any atom is 0.249 e. The summed E-state index contributed by atoms with van der Waals surface area (Å²) in [5.74, 6) is -0.334. The number of benzene rings is 1. The summed E-state index contributed by atoms with van der Waals surface area (Å²) in [7, 11) is 3.59. The van der Waals surface area contributed by atoms with Crippen LogP contribution in [-0.2, 0) is 14.9 Å². The Labute approximate surface area is 167 Å². The molecule has 0 bridgehead atoms. The second-order valence-electron chi connectivity index (χ2n) is 9.12. The average molecular weight is 385 g/mol. The normalized spacial score (nSPS) is 20.9. The van der Waals surface area contributed by atoms with Crippen molar-refractivity contribution in [3.05, 3.63) is 41.0 Å². The number of allylic oxidation sites excluding steroid dienone is 2. The molecular formula is C23H32N2O3. The first-order valence-electron chi connectivity index (χ1n) is 10.1. The lowest BCUT2D eigenvalue weighted by atomic mass is 9.71. The molecule has 5 nitrogen and oxygen atoms in total. The van der Waals surface area contributed by atoms with Crippen LogP contribution in [0.5, 0.6) is 0 Å². The van der Waals surface area contributed by atoms with E-state index in [9.17, 15) is 9.59 Å². The number of hydrogen-bond acceptors (Lipinski definition) is 3. The number of rotatable bonds is 4. The van der Waals surface area contributed by atoms with E-state index >= 15 is 0 Å². The van der Waals surface area contributed by atoms with Crippen LogP contribution < -0.4 is 5.73 Å². The van der Waals surface area contributed by atoms with E-state index in [1.54, 1.807) is 25.1 Å². The van der Waals surface area contributed by atoms with Gasteiger partial charge >= 0.3 is 0 Å². The van der Waals surface area contributed by atoms with E-state index in [-0.39, 0.29) is 11.3 Å². The Morgan fingerprint density at radius 1 is 1.11 bits per heavy atom. The molecule has 2 N–H and O–H groups in total. The van der Waals surface area contributed by atoms with Crippen molar-refractivity contribution in [1.82, 2.24) is 4.90 Å². The van der Waals surface area contributed by atoms with Gasteiger partial charge in [0.25, 0.3) is 0 Å². The molecule has 0 spiro atoms. The highest BCUT2D eigenvalue weighted by molar-refractivity contribution is 5.99. The highest BCUT2D eigenvalue weighted by atomic mass is 16.5. The summed E-state index contributed by atoms with van der Waals surface area (Å²) in [5.41, 5.74) is 8.89. The van der Waals surface area contributed by atoms with Crippen LogP contribution >= 0.6 is 0 Å². The summed E-state index contributed by atoms with van der Waals surface area (Å²) < 4.78 is 5.55. The molecular weight excluding hydrogens is 352 g/mol. The van der Waals surface area contributed by atoms with Crippen LogP contribution in [0.15, 0.2) is 24.3 Å². The first-order valence-corrected chi connectivity index (χ1v) is 10.1. The van der Waals surface area contributed by atoms with Gasteiger partial charge in [0.05, 0.1) is 5.41 Å². The molecule has 1 aliphatic carbocycles. The fraction of sp³-hybridized carbons (Fsp3) is 0.565. The molecule has 0 radical (unpaired) electrons. The molecule has 152 valence electrons. The van der Waals surface area contributed by atoms with Gasteiger partial charge in [-0.25, -0.2) is 0 Å². The van der Waals surface area contributed by atoms with Gasteiger partial charge in [0.1, 0.15) is 0 Å². The molecule has 3 rings (SSSR count). The van der Waals surface area contributed by atoms with Crippen molar-refractivity contribution in [2.24, 2.45) is 11.1 Å². The molecule has 1 heterocycles. The third-order valence-corrected chi connectivity index (χ3v) is 6.32. The maximum atomic E-state index is 13.2. The third-order valence-electron chi connectivity index (χ3n) is 6.32. The first-order chi connectivity index (χ1) is 13.2. The van der Waals surface area contributed by atoms with Gasteiger partial charge in [-0.3, -0.25) is 9.59 Å². The van der Waals surface area contributed by atoms with Crippen LogP contribution in [0.3, 0.4) is 0 Å². The molecule has 1 aromatic rings. The lowest BCUT2D eigenvalue weighted by Gasteiger charge is -2.38. The Bertz CT molecular complexity index is 802. The van der Waals surface area contributed by atoms with Gasteiger partial charge in [-0.15, -0.1) is 0 Å². The number of carbonyl (C=O) groups excluding carboxylic acids is 2. The molecule has 1 aromatic carbocycles. The van der Waals surface area contributed by atoms with Gasteiger partial charge in [-0.2, -0.15) is 0 Å². The number of nitrogens with two attached hydrogens (primary N) is 1. The molecule has 2 aliphatic rings. The lowest BCUT2D eigenvalue weighted by Crippen LogP contribution is -2.47. The Morgan fingerprint density at radius 2 is 1.79 bits per heavy atom. The van der Waals surface area contributed by atoms with Crippen LogP contribution in [0.2, 0.25) is 0 Å². The van der Waals surface area contributed by atoms with Crippen LogP contribution in [0.4, 0.5) is 0 Å². The maximum absolute atomic E-state index is 13.2. The monoisotopic (exact) mass is 384 g/mol. The van der Waals surface area contributed by atoms with Gasteiger partial charge in [0.15, 0.2) is 0 Å². The Morgan fingerprint density at radius 3 is 2.32 bits per heavy atom. The number of primary amides is 1. The number of nitrogens with zero attached hydrogens (tertiary/aromatic N) is 1. The lowest BCUT2D eigenvalue weighted by molar-refractivity contribution is -0.138. The number of carbonyl (C=O) groups is 2. The summed E-state index contributed by atoms with van der Waals surface area (Å²) in [6, 6.07) is 5.74. The van der Waals surface area contributed by atoms with Crippen molar-refractivity contribution in [2.75, 3.05) is 27.3 Å². The predicted octanol–water partition coefficient (Wildman–Crippen LogP) is 3.52. The highest BCUT2D eigenvalue weighted by Crippen LogP contribution is 2.42. The zero-order chi connectivity index (χ0) is 20.5. The standard InChI is InChI=1S/C23H32N2O3/c1-22(2)9-7-16(8-10-22)19-15-17(5-6-18(19)20(24)26)23(21(27)25(3)4)11-13-28-14-12-23/h5-7,15H,8-14H2,1-4H3,(H2,24,26). The van der Waals surface area contributed by atoms with Crippen molar-refractivity contribution in [2.45, 2.75) is 51.4 Å². The molecule has 1 fully saturated rings. The van der Waals surface area contributed by atoms with Crippen LogP contribution in [-0.4, -0.2) is 44.0 Å². The van der Waals surface area contributed by atoms with Gasteiger partial charge in [-0.05, 0) is 66.4 Å². The Kier molecular flexibility index (Phi) is 5.67. The van der Waals surface area contributed by atoms with Crippen molar-refractivity contribution in [3.63, 3.8) is 0 Å². The number of amides is 2. The zero-order valence-electron chi connectivity index (χ0n) is 17.5. The quantitative estimate of drug-likeness (QED) is 0.863. The van der Waals surface area contributed by atoms with Gasteiger partial charge < -0.3 is 15.4 Å². The number of likely N-dealkylation sites (N-methyl/N-ethyl adjacent to an activating group) is 1. The molecule has 1 saturated heterocycles. The van der Waals surface area contributed by atoms with E-state index in [2.05, 4.69) is 19.9 Å². The molecule has 5 heteroatoms. The minimum atomic E-state index is -0.610. The molecule has 0 aromatic heterocycles. The van der Waals surface area contributed by atoms with E-state index in [1.807, 2.05) is 12.1 Å². The number of ether oxygens (including phenoxy) is 1. The Balaban J connectivity index is 2.11. The van der Waals surface area contributed by atoms with Crippen molar-refractivity contribution < 1.29 is 14.3 Å². The average Bonchev–Trinajstić information content (AvgIpc) is 2.67. The first kappa shape index (κ1) is 20.6. The zero-order valence-corrected chi connectivity index (χ0v) is 17.5. The molecule has 0 saturated carbocycles. The number of hydrogen-bond donors (Lipinski definition) is 1. The molecule has 2 amide bonds. The summed E-state index contributed by atoms with van der Waals surface area (Å²) >= 11 is 0. The summed E-state index contributed by atoms with van der Waals surface area (Å²) in [6.45, 7) is 5.64. The minimum absolute atomic E-state index is 0.0901. The van der Waals surface area contributed by atoms with Crippen molar-refractivity contribution in [1.29, 1.82) is 0 Å². The summed E-state index contributed by atoms with van der Waals surface area (Å²) in [4.78, 5) is 26.9. The van der Waals surface area contributed by atoms with Crippen LogP contribution in [0.1, 0.15) is 67.4 Å². The third kappa shape index (κ3) is 3.86. The SMILES string of the molecule is CN(C)C(=O)C1(c2ccc(C(N)=O)c(C3=CCC(C)(C)CC3)c2)CCOCC1. The van der Waals surface area contributed by atoms with Crippen LogP contribution in [0, 0.1) is 5.41 Å². The van der Waals surface area contributed by atoms with Crippen LogP contribution in [0.25, 0.3) is 5.57 Å². The Hall–Kier alpha value is -2.14. The fourth-order valence-corrected chi connectivity index (χ4v) is 4.42. The van der Waals surface area contributed by atoms with E-state index in [1.165, 1.54) is 0 Å². The molecule has 0 unspecified atom stereocenters. The summed E-state index contributed by atoms with van der Waals surface area (Å²) in [5, 5.41) is 0. The van der Waals surface area contributed by atoms with E-state index in [4.69, 9.17) is 10.5 Å². The topological polar surface area (TPSA) is 72.6 Å². The predicted molar refractivity (Wildman–Crippen MR) is 111 cm³/mol. The molecule has 0 atom stereocenters. The molecule has 1 aliphatic heterocycles. The largest absolute Gasteiger partial charge is 0.381 e. The fourth-order valence-electron chi connectivity index (χ4n) is 4.42. The second kappa shape index (κ2) is 7.70. The van der Waals surface area contributed by atoms with Gasteiger partial charge in [-0.1, -0.05) is 26.0 Å². The van der Waals surface area contributed by atoms with Gasteiger partial charge in [0, 0.05) is 32.9 Å². The minimum Gasteiger partial charge on any atom is -0.381 e. The van der Waals surface area contributed by atoms with Crippen molar-refractivity contribution in [3.8, 4) is 0 Å². The van der Waals surface area contributed by atoms with E-state index in [0.29, 0.717) is 31.6 Å². The van der Waals surface area contributed by atoms with E-state index < -0.39 is 11.3 Å². The van der Waals surface area contributed by atoms with Gasteiger partial charge in [0.2, 0.25) is 11.8 Å². The van der Waals surface area contributed by atoms with Crippen molar-refractivity contribution >= 4 is 17.4 Å². The highest BCUT2D eigenvalue weighted by Gasteiger charge is 2.43. The summed E-state index contributed by atoms with van der Waals surface area (Å²) in [6.07, 6.45) is 6.47. The second-order valence-corrected chi connectivity index (χ2v) is 9.12. The van der Waals surface area contributed by atoms with E-state index in [0.717, 1.165) is 36.0 Å².